The van der Waals surface area contributed by atoms with Gasteiger partial charge in [0.1, 0.15) is 5.69 Å². The summed E-state index contributed by atoms with van der Waals surface area (Å²) in [5.41, 5.74) is 3.33. The van der Waals surface area contributed by atoms with Crippen molar-refractivity contribution in [2.45, 2.75) is 33.2 Å². The normalized spacial score (nSPS) is 11.8. The first kappa shape index (κ1) is 18.5. The third-order valence-corrected chi connectivity index (χ3v) is 4.50. The van der Waals surface area contributed by atoms with Gasteiger partial charge in [-0.25, -0.2) is 4.98 Å². The van der Waals surface area contributed by atoms with Crippen molar-refractivity contribution in [2.24, 2.45) is 0 Å². The topological polar surface area (TPSA) is 87.7 Å². The quantitative estimate of drug-likeness (QED) is 0.730. The maximum Gasteiger partial charge on any atom is 0.255 e. The number of pyridine rings is 1. The van der Waals surface area contributed by atoms with Crippen LogP contribution in [0.3, 0.4) is 0 Å². The molecular weight excluding hydrogens is 340 g/mol. The predicted octanol–water partition coefficient (Wildman–Crippen LogP) is 2.87. The van der Waals surface area contributed by atoms with Gasteiger partial charge >= 0.3 is 0 Å². The van der Waals surface area contributed by atoms with Crippen LogP contribution >= 0.6 is 0 Å². The van der Waals surface area contributed by atoms with E-state index in [-0.39, 0.29) is 23.9 Å². The minimum absolute atomic E-state index is 0.0209. The molecule has 0 fully saturated rings. The van der Waals surface area contributed by atoms with Crippen molar-refractivity contribution in [1.82, 2.24) is 20.3 Å². The fourth-order valence-corrected chi connectivity index (χ4v) is 3.05. The number of hydrogen-bond acceptors (Lipinski definition) is 4. The zero-order chi connectivity index (χ0) is 19.4. The number of aromatic nitrogens is 3. The molecular formula is C21H22N4O2. The lowest BCUT2D eigenvalue weighted by Crippen LogP contribution is -2.31. The number of H-pyrrole nitrogens is 1. The Labute approximate surface area is 157 Å². The summed E-state index contributed by atoms with van der Waals surface area (Å²) in [5.74, 6) is 0.183. The Morgan fingerprint density at radius 1 is 1.15 bits per heavy atom. The lowest BCUT2D eigenvalue weighted by Gasteiger charge is -2.16. The van der Waals surface area contributed by atoms with Gasteiger partial charge in [0.25, 0.3) is 5.56 Å². The highest BCUT2D eigenvalue weighted by Gasteiger charge is 2.16. The summed E-state index contributed by atoms with van der Waals surface area (Å²) in [7, 11) is 0. The molecule has 0 radical (unpaired) electrons. The number of nitrogens with one attached hydrogen (secondary N) is 2. The van der Waals surface area contributed by atoms with Gasteiger partial charge in [0.15, 0.2) is 5.82 Å². The second-order valence-corrected chi connectivity index (χ2v) is 6.52. The fourth-order valence-electron chi connectivity index (χ4n) is 3.05. The SMILES string of the molecule is Cc1ccccc1[C@H](C)NC(=O)Cc1c(C)nc(-c2ccccn2)[nH]c1=O. The molecule has 1 amide bonds. The number of benzene rings is 1. The predicted molar refractivity (Wildman–Crippen MR) is 104 cm³/mol. The first-order valence-corrected chi connectivity index (χ1v) is 8.82. The van der Waals surface area contributed by atoms with Gasteiger partial charge in [0.05, 0.1) is 12.5 Å². The van der Waals surface area contributed by atoms with Crippen molar-refractivity contribution in [2.75, 3.05) is 0 Å². The molecule has 2 heterocycles. The first-order valence-electron chi connectivity index (χ1n) is 8.82. The molecule has 1 atom stereocenters. The Kier molecular flexibility index (Phi) is 5.45. The summed E-state index contributed by atoms with van der Waals surface area (Å²) in [6.45, 7) is 5.67. The number of carbonyl (C=O) groups excluding carboxylic acids is 1. The van der Waals surface area contributed by atoms with Crippen LogP contribution in [-0.4, -0.2) is 20.9 Å². The maximum atomic E-state index is 12.5. The Hall–Kier alpha value is -3.28. The summed E-state index contributed by atoms with van der Waals surface area (Å²) in [4.78, 5) is 36.3. The number of nitrogens with zero attached hydrogens (tertiary/aromatic N) is 2. The molecule has 2 aromatic heterocycles. The van der Waals surface area contributed by atoms with Crippen LogP contribution in [-0.2, 0) is 11.2 Å². The van der Waals surface area contributed by atoms with Crippen LogP contribution in [0.4, 0.5) is 0 Å². The molecule has 0 spiro atoms. The van der Waals surface area contributed by atoms with Gasteiger partial charge in [-0.15, -0.1) is 0 Å². The van der Waals surface area contributed by atoms with E-state index in [0.29, 0.717) is 22.8 Å². The standard InChI is InChI=1S/C21H22N4O2/c1-13-8-4-5-9-16(13)14(2)23-19(26)12-17-15(3)24-20(25-21(17)27)18-10-6-7-11-22-18/h4-11,14H,12H2,1-3H3,(H,23,26)(H,24,25,27)/t14-/m0/s1. The van der Waals surface area contributed by atoms with Gasteiger partial charge in [-0.2, -0.15) is 0 Å². The summed E-state index contributed by atoms with van der Waals surface area (Å²) >= 11 is 0. The van der Waals surface area contributed by atoms with Gasteiger partial charge in [-0.05, 0) is 44.0 Å². The number of aryl methyl sites for hydroxylation is 2. The summed E-state index contributed by atoms with van der Waals surface area (Å²) in [6, 6.07) is 13.2. The largest absolute Gasteiger partial charge is 0.349 e. The Balaban J connectivity index is 1.76. The van der Waals surface area contributed by atoms with Crippen LogP contribution in [0.5, 0.6) is 0 Å². The molecule has 0 aliphatic rings. The van der Waals surface area contributed by atoms with E-state index in [9.17, 15) is 9.59 Å². The molecule has 0 aliphatic carbocycles. The zero-order valence-corrected chi connectivity index (χ0v) is 15.6. The van der Waals surface area contributed by atoms with E-state index in [0.717, 1.165) is 11.1 Å². The van der Waals surface area contributed by atoms with Crippen molar-refractivity contribution < 1.29 is 4.79 Å². The Morgan fingerprint density at radius 3 is 2.56 bits per heavy atom. The van der Waals surface area contributed by atoms with Crippen molar-refractivity contribution in [1.29, 1.82) is 0 Å². The van der Waals surface area contributed by atoms with Crippen LogP contribution in [0.1, 0.15) is 35.3 Å². The van der Waals surface area contributed by atoms with E-state index in [2.05, 4.69) is 20.3 Å². The minimum atomic E-state index is -0.318. The molecule has 3 rings (SSSR count). The Morgan fingerprint density at radius 2 is 1.89 bits per heavy atom. The monoisotopic (exact) mass is 362 g/mol. The highest BCUT2D eigenvalue weighted by molar-refractivity contribution is 5.79. The smallest absolute Gasteiger partial charge is 0.255 e. The average Bonchev–Trinajstić information content (AvgIpc) is 2.65. The Bertz CT molecular complexity index is 1010. The van der Waals surface area contributed by atoms with Gasteiger partial charge in [-0.1, -0.05) is 30.3 Å². The molecule has 0 saturated carbocycles. The second kappa shape index (κ2) is 7.95. The van der Waals surface area contributed by atoms with E-state index in [1.165, 1.54) is 0 Å². The third kappa shape index (κ3) is 4.28. The molecule has 3 aromatic rings. The lowest BCUT2D eigenvalue weighted by atomic mass is 10.0. The van der Waals surface area contributed by atoms with E-state index >= 15 is 0 Å². The van der Waals surface area contributed by atoms with Crippen LogP contribution in [0, 0.1) is 13.8 Å². The molecule has 138 valence electrons. The van der Waals surface area contributed by atoms with Crippen LogP contribution in [0.25, 0.3) is 11.5 Å². The van der Waals surface area contributed by atoms with Crippen molar-refractivity contribution >= 4 is 5.91 Å². The van der Waals surface area contributed by atoms with E-state index in [4.69, 9.17) is 0 Å². The fraction of sp³-hybridized carbons (Fsp3) is 0.238. The molecule has 0 bridgehead atoms. The molecule has 6 heteroatoms. The number of rotatable bonds is 5. The summed E-state index contributed by atoms with van der Waals surface area (Å²) in [5, 5.41) is 2.95. The molecule has 1 aromatic carbocycles. The average molecular weight is 362 g/mol. The molecule has 6 nitrogen and oxygen atoms in total. The molecule has 2 N–H and O–H groups in total. The molecule has 0 unspecified atom stereocenters. The lowest BCUT2D eigenvalue weighted by molar-refractivity contribution is -0.121. The third-order valence-electron chi connectivity index (χ3n) is 4.50. The number of amides is 1. The van der Waals surface area contributed by atoms with Gasteiger partial charge in [0, 0.05) is 17.5 Å². The minimum Gasteiger partial charge on any atom is -0.349 e. The second-order valence-electron chi connectivity index (χ2n) is 6.52. The zero-order valence-electron chi connectivity index (χ0n) is 15.6. The van der Waals surface area contributed by atoms with E-state index < -0.39 is 0 Å². The van der Waals surface area contributed by atoms with Crippen molar-refractivity contribution in [3.05, 3.63) is 81.4 Å². The van der Waals surface area contributed by atoms with Crippen LogP contribution in [0.15, 0.2) is 53.5 Å². The number of aromatic amines is 1. The van der Waals surface area contributed by atoms with Gasteiger partial charge in [-0.3, -0.25) is 14.6 Å². The number of hydrogen-bond donors (Lipinski definition) is 2. The van der Waals surface area contributed by atoms with Crippen LogP contribution in [0.2, 0.25) is 0 Å². The molecule has 0 saturated heterocycles. The van der Waals surface area contributed by atoms with Gasteiger partial charge in [0.2, 0.25) is 5.91 Å². The molecule has 27 heavy (non-hydrogen) atoms. The summed E-state index contributed by atoms with van der Waals surface area (Å²) < 4.78 is 0. The maximum absolute atomic E-state index is 12.5. The highest BCUT2D eigenvalue weighted by atomic mass is 16.2. The summed E-state index contributed by atoms with van der Waals surface area (Å²) in [6.07, 6.45) is 1.62. The number of carbonyl (C=O) groups is 1. The van der Waals surface area contributed by atoms with Gasteiger partial charge < -0.3 is 10.3 Å². The van der Waals surface area contributed by atoms with Crippen molar-refractivity contribution in [3.8, 4) is 11.5 Å². The van der Waals surface area contributed by atoms with E-state index in [1.54, 1.807) is 25.3 Å². The molecule has 0 aliphatic heterocycles. The van der Waals surface area contributed by atoms with E-state index in [1.807, 2.05) is 44.2 Å². The highest BCUT2D eigenvalue weighted by Crippen LogP contribution is 2.17. The first-order chi connectivity index (χ1) is 13.0. The van der Waals surface area contributed by atoms with Crippen molar-refractivity contribution in [3.63, 3.8) is 0 Å². The van der Waals surface area contributed by atoms with Crippen LogP contribution < -0.4 is 10.9 Å².